The number of carboxylic acids is 1. The first kappa shape index (κ1) is 16.0. The van der Waals surface area contributed by atoms with Gasteiger partial charge in [0.05, 0.1) is 11.3 Å². The van der Waals surface area contributed by atoms with Crippen LogP contribution in [0.1, 0.15) is 27.6 Å². The van der Waals surface area contributed by atoms with E-state index in [9.17, 15) is 19.5 Å². The summed E-state index contributed by atoms with van der Waals surface area (Å²) in [6, 6.07) is 6.38. The Morgan fingerprint density at radius 2 is 1.78 bits per heavy atom. The van der Waals surface area contributed by atoms with E-state index in [0.29, 0.717) is 0 Å². The van der Waals surface area contributed by atoms with Crippen molar-refractivity contribution in [2.75, 3.05) is 10.6 Å². The molecule has 0 atom stereocenters. The van der Waals surface area contributed by atoms with Crippen LogP contribution in [0.15, 0.2) is 36.5 Å². The van der Waals surface area contributed by atoms with E-state index in [1.54, 1.807) is 0 Å². The summed E-state index contributed by atoms with van der Waals surface area (Å²) in [7, 11) is 0. The summed E-state index contributed by atoms with van der Waals surface area (Å²) in [4.78, 5) is 37.8. The van der Waals surface area contributed by atoms with Gasteiger partial charge in [0.15, 0.2) is 0 Å². The van der Waals surface area contributed by atoms with Gasteiger partial charge in [0.1, 0.15) is 11.6 Å². The van der Waals surface area contributed by atoms with Crippen molar-refractivity contribution in [3.8, 4) is 5.75 Å². The topological polar surface area (TPSA) is 129 Å². The molecule has 8 nitrogen and oxygen atoms in total. The second-order valence-corrected chi connectivity index (χ2v) is 4.60. The molecule has 2 aromatic rings. The molecule has 0 saturated heterocycles. The SMILES string of the molecule is CC(=O)Nc1cc(C(=O)Nc2ccc(C(=O)O)cc2O)ccn1. The highest BCUT2D eigenvalue weighted by Crippen LogP contribution is 2.25. The maximum Gasteiger partial charge on any atom is 0.335 e. The van der Waals surface area contributed by atoms with Gasteiger partial charge in [-0.3, -0.25) is 9.59 Å². The van der Waals surface area contributed by atoms with E-state index in [1.807, 2.05) is 0 Å². The first-order valence-electron chi connectivity index (χ1n) is 6.48. The van der Waals surface area contributed by atoms with E-state index in [2.05, 4.69) is 15.6 Å². The van der Waals surface area contributed by atoms with Crippen LogP contribution in [0, 0.1) is 0 Å². The lowest BCUT2D eigenvalue weighted by atomic mass is 10.1. The molecule has 0 aliphatic rings. The Labute approximate surface area is 130 Å². The predicted octanol–water partition coefficient (Wildman–Crippen LogP) is 1.70. The zero-order chi connectivity index (χ0) is 17.0. The molecule has 2 rings (SSSR count). The Kier molecular flexibility index (Phi) is 4.55. The summed E-state index contributed by atoms with van der Waals surface area (Å²) < 4.78 is 0. The molecule has 0 aliphatic carbocycles. The number of nitrogens with one attached hydrogen (secondary N) is 2. The number of phenols is 1. The minimum Gasteiger partial charge on any atom is -0.506 e. The summed E-state index contributed by atoms with van der Waals surface area (Å²) in [5, 5.41) is 23.5. The number of rotatable bonds is 4. The number of carbonyl (C=O) groups is 3. The maximum absolute atomic E-state index is 12.1. The lowest BCUT2D eigenvalue weighted by Crippen LogP contribution is -2.14. The number of pyridine rings is 1. The molecule has 0 bridgehead atoms. The molecule has 0 fully saturated rings. The number of anilines is 2. The molecular formula is C15H13N3O5. The minimum absolute atomic E-state index is 0.0675. The molecule has 4 N–H and O–H groups in total. The number of phenolic OH excluding ortho intramolecular Hbond substituents is 1. The van der Waals surface area contributed by atoms with Crippen LogP contribution in [0.2, 0.25) is 0 Å². The molecule has 0 spiro atoms. The van der Waals surface area contributed by atoms with Crippen LogP contribution in [0.25, 0.3) is 0 Å². The summed E-state index contributed by atoms with van der Waals surface area (Å²) in [6.07, 6.45) is 1.35. The predicted molar refractivity (Wildman–Crippen MR) is 81.6 cm³/mol. The third kappa shape index (κ3) is 4.03. The zero-order valence-electron chi connectivity index (χ0n) is 12.0. The molecule has 0 radical (unpaired) electrons. The smallest absolute Gasteiger partial charge is 0.335 e. The van der Waals surface area contributed by atoms with Crippen molar-refractivity contribution in [1.29, 1.82) is 0 Å². The summed E-state index contributed by atoms with van der Waals surface area (Å²) in [5.74, 6) is -2.20. The molecule has 0 saturated carbocycles. The maximum atomic E-state index is 12.1. The van der Waals surface area contributed by atoms with Crippen molar-refractivity contribution in [1.82, 2.24) is 4.98 Å². The van der Waals surface area contributed by atoms with Gasteiger partial charge in [-0.15, -0.1) is 0 Å². The average Bonchev–Trinajstić information content (AvgIpc) is 2.48. The Balaban J connectivity index is 2.19. The molecule has 23 heavy (non-hydrogen) atoms. The van der Waals surface area contributed by atoms with E-state index < -0.39 is 11.9 Å². The first-order valence-corrected chi connectivity index (χ1v) is 6.48. The van der Waals surface area contributed by atoms with Gasteiger partial charge in [0.2, 0.25) is 5.91 Å². The number of hydrogen-bond donors (Lipinski definition) is 4. The fourth-order valence-corrected chi connectivity index (χ4v) is 1.79. The Bertz CT molecular complexity index is 788. The highest BCUT2D eigenvalue weighted by Gasteiger charge is 2.12. The monoisotopic (exact) mass is 315 g/mol. The van der Waals surface area contributed by atoms with Crippen LogP contribution in [-0.4, -0.2) is 33.0 Å². The van der Waals surface area contributed by atoms with Crippen LogP contribution in [-0.2, 0) is 4.79 Å². The number of carboxylic acid groups (broad SMARTS) is 1. The number of carbonyl (C=O) groups excluding carboxylic acids is 2. The quantitative estimate of drug-likeness (QED) is 0.636. The molecule has 1 aromatic heterocycles. The van der Waals surface area contributed by atoms with Crippen LogP contribution in [0.5, 0.6) is 5.75 Å². The Morgan fingerprint density at radius 3 is 2.39 bits per heavy atom. The van der Waals surface area contributed by atoms with Crippen molar-refractivity contribution in [3.05, 3.63) is 47.7 Å². The molecule has 1 heterocycles. The van der Waals surface area contributed by atoms with Gasteiger partial charge >= 0.3 is 5.97 Å². The summed E-state index contributed by atoms with van der Waals surface area (Å²) >= 11 is 0. The minimum atomic E-state index is -1.19. The van der Waals surface area contributed by atoms with Gasteiger partial charge in [-0.05, 0) is 30.3 Å². The second-order valence-electron chi connectivity index (χ2n) is 4.60. The zero-order valence-corrected chi connectivity index (χ0v) is 12.0. The lowest BCUT2D eigenvalue weighted by Gasteiger charge is -2.09. The highest BCUT2D eigenvalue weighted by molar-refractivity contribution is 6.06. The first-order chi connectivity index (χ1) is 10.9. The average molecular weight is 315 g/mol. The normalized spacial score (nSPS) is 9.96. The molecule has 0 aliphatic heterocycles. The number of benzene rings is 1. The molecule has 118 valence electrons. The molecular weight excluding hydrogens is 302 g/mol. The largest absolute Gasteiger partial charge is 0.506 e. The fourth-order valence-electron chi connectivity index (χ4n) is 1.79. The number of hydrogen-bond acceptors (Lipinski definition) is 5. The van der Waals surface area contributed by atoms with Crippen LogP contribution >= 0.6 is 0 Å². The highest BCUT2D eigenvalue weighted by atomic mass is 16.4. The van der Waals surface area contributed by atoms with Gasteiger partial charge in [-0.1, -0.05) is 0 Å². The Hall–Kier alpha value is -3.42. The van der Waals surface area contributed by atoms with E-state index in [0.717, 1.165) is 6.07 Å². The second kappa shape index (κ2) is 6.56. The van der Waals surface area contributed by atoms with Crippen molar-refractivity contribution in [2.24, 2.45) is 0 Å². The van der Waals surface area contributed by atoms with Gasteiger partial charge in [0, 0.05) is 18.7 Å². The van der Waals surface area contributed by atoms with Crippen molar-refractivity contribution in [3.63, 3.8) is 0 Å². The van der Waals surface area contributed by atoms with Crippen molar-refractivity contribution >= 4 is 29.3 Å². The number of aromatic hydroxyl groups is 1. The summed E-state index contributed by atoms with van der Waals surface area (Å²) in [5.41, 5.74) is 0.181. The number of nitrogens with zero attached hydrogens (tertiary/aromatic N) is 1. The number of amides is 2. The van der Waals surface area contributed by atoms with E-state index in [4.69, 9.17) is 5.11 Å². The molecule has 1 aromatic carbocycles. The molecule has 8 heteroatoms. The summed E-state index contributed by atoms with van der Waals surface area (Å²) in [6.45, 7) is 1.32. The van der Waals surface area contributed by atoms with Crippen LogP contribution in [0.4, 0.5) is 11.5 Å². The van der Waals surface area contributed by atoms with Crippen LogP contribution in [0.3, 0.4) is 0 Å². The Morgan fingerprint density at radius 1 is 1.04 bits per heavy atom. The van der Waals surface area contributed by atoms with Crippen molar-refractivity contribution in [2.45, 2.75) is 6.92 Å². The van der Waals surface area contributed by atoms with Gasteiger partial charge in [0.25, 0.3) is 5.91 Å². The fraction of sp³-hybridized carbons (Fsp3) is 0.0667. The van der Waals surface area contributed by atoms with Crippen molar-refractivity contribution < 1.29 is 24.6 Å². The van der Waals surface area contributed by atoms with E-state index in [1.165, 1.54) is 37.4 Å². The standard InChI is InChI=1S/C15H13N3O5/c1-8(19)17-13-7-9(4-5-16-13)14(21)18-11-3-2-10(15(22)23)6-12(11)20/h2-7,20H,1H3,(H,18,21)(H,22,23)(H,16,17,19). The molecule has 0 unspecified atom stereocenters. The van der Waals surface area contributed by atoms with Gasteiger partial charge < -0.3 is 20.8 Å². The van der Waals surface area contributed by atoms with E-state index in [-0.39, 0.29) is 34.3 Å². The number of aromatic nitrogens is 1. The van der Waals surface area contributed by atoms with E-state index >= 15 is 0 Å². The van der Waals surface area contributed by atoms with Crippen LogP contribution < -0.4 is 10.6 Å². The van der Waals surface area contributed by atoms with Gasteiger partial charge in [-0.25, -0.2) is 9.78 Å². The number of aromatic carboxylic acids is 1. The molecule has 2 amide bonds. The third-order valence-corrected chi connectivity index (χ3v) is 2.82. The third-order valence-electron chi connectivity index (χ3n) is 2.82. The lowest BCUT2D eigenvalue weighted by molar-refractivity contribution is -0.114. The van der Waals surface area contributed by atoms with Gasteiger partial charge in [-0.2, -0.15) is 0 Å².